The Morgan fingerprint density at radius 1 is 1.32 bits per heavy atom. The number of allylic oxidation sites excluding steroid dienone is 2. The number of rotatable bonds is 1. The second-order valence-corrected chi connectivity index (χ2v) is 5.86. The van der Waals surface area contributed by atoms with E-state index in [0.29, 0.717) is 11.7 Å². The number of fused-ring (bicyclic) bond motifs is 2. The summed E-state index contributed by atoms with van der Waals surface area (Å²) in [6.45, 7) is 1.72. The molecule has 0 amide bonds. The molecule has 4 rings (SSSR count). The zero-order valence-electron chi connectivity index (χ0n) is 11.1. The van der Waals surface area contributed by atoms with Crippen molar-refractivity contribution in [3.8, 4) is 0 Å². The number of hydrogen-bond acceptors (Lipinski definition) is 1. The number of carbonyl (C=O) groups excluding carboxylic acids is 1. The first-order valence-corrected chi connectivity index (χ1v) is 7.05. The monoisotopic (exact) mass is 251 g/mol. The highest BCUT2D eigenvalue weighted by Gasteiger charge is 2.31. The molecule has 2 atom stereocenters. The highest BCUT2D eigenvalue weighted by atomic mass is 16.1. The smallest absolute Gasteiger partial charge is 0.136 e. The third kappa shape index (κ3) is 1.52. The molecule has 2 aliphatic carbocycles. The minimum Gasteiger partial charge on any atom is -0.361 e. The zero-order chi connectivity index (χ0) is 13.0. The first kappa shape index (κ1) is 11.0. The number of nitrogens with one attached hydrogen (secondary N) is 1. The third-order valence-corrected chi connectivity index (χ3v) is 4.73. The van der Waals surface area contributed by atoms with Crippen molar-refractivity contribution in [2.24, 2.45) is 11.8 Å². The zero-order valence-corrected chi connectivity index (χ0v) is 11.1. The molecule has 2 aliphatic rings. The summed E-state index contributed by atoms with van der Waals surface area (Å²) in [5.74, 6) is 1.03. The summed E-state index contributed by atoms with van der Waals surface area (Å²) in [4.78, 5) is 15.0. The van der Waals surface area contributed by atoms with E-state index in [1.54, 1.807) is 6.92 Å². The van der Waals surface area contributed by atoms with Gasteiger partial charge in [-0.15, -0.1) is 0 Å². The van der Waals surface area contributed by atoms with Crippen molar-refractivity contribution < 1.29 is 4.79 Å². The lowest BCUT2D eigenvalue weighted by atomic mass is 9.72. The Hall–Kier alpha value is -1.83. The molecule has 0 radical (unpaired) electrons. The molecule has 0 unspecified atom stereocenters. The number of H-pyrrole nitrogens is 1. The topological polar surface area (TPSA) is 32.9 Å². The standard InChI is InChI=1S/C17H17NO/c1-10(19)11-5-6-12-7-13-9-18-16-4-2-3-14(17(13)16)15(12)8-11/h2-4,8-9,11-12,18H,5-7H2,1H3/t11-,12+/m0/s1. The Morgan fingerprint density at radius 2 is 2.21 bits per heavy atom. The highest BCUT2D eigenvalue weighted by molar-refractivity contribution is 5.98. The molecule has 0 bridgehead atoms. The van der Waals surface area contributed by atoms with Crippen LogP contribution in [0.4, 0.5) is 0 Å². The molecule has 1 aromatic heterocycles. The Bertz CT molecular complexity index is 707. The van der Waals surface area contributed by atoms with Crippen LogP contribution in [0.3, 0.4) is 0 Å². The second kappa shape index (κ2) is 3.83. The van der Waals surface area contributed by atoms with E-state index in [1.165, 1.54) is 27.6 Å². The quantitative estimate of drug-likeness (QED) is 0.823. The lowest BCUT2D eigenvalue weighted by Crippen LogP contribution is -2.22. The predicted molar refractivity (Wildman–Crippen MR) is 76.9 cm³/mol. The van der Waals surface area contributed by atoms with Gasteiger partial charge in [0.1, 0.15) is 5.78 Å². The average molecular weight is 251 g/mol. The van der Waals surface area contributed by atoms with Gasteiger partial charge in [0.2, 0.25) is 0 Å². The van der Waals surface area contributed by atoms with Crippen molar-refractivity contribution in [3.63, 3.8) is 0 Å². The summed E-state index contributed by atoms with van der Waals surface area (Å²) in [6, 6.07) is 6.45. The van der Waals surface area contributed by atoms with Crippen molar-refractivity contribution in [1.82, 2.24) is 4.98 Å². The molecule has 19 heavy (non-hydrogen) atoms. The van der Waals surface area contributed by atoms with Gasteiger partial charge in [0.05, 0.1) is 0 Å². The van der Waals surface area contributed by atoms with Gasteiger partial charge in [0.15, 0.2) is 0 Å². The molecule has 2 heteroatoms. The Kier molecular flexibility index (Phi) is 2.22. The lowest BCUT2D eigenvalue weighted by Gasteiger charge is -2.31. The molecule has 96 valence electrons. The maximum atomic E-state index is 11.7. The SMILES string of the molecule is CC(=O)[C@@H]1C=C2c3cccc4[nH]cc(c34)C[C@H]2CC1. The average Bonchev–Trinajstić information content (AvgIpc) is 2.83. The van der Waals surface area contributed by atoms with Crippen LogP contribution in [0.25, 0.3) is 16.5 Å². The van der Waals surface area contributed by atoms with Gasteiger partial charge in [-0.3, -0.25) is 4.79 Å². The maximum Gasteiger partial charge on any atom is 0.136 e. The number of ketones is 1. The molecule has 0 spiro atoms. The summed E-state index contributed by atoms with van der Waals surface area (Å²) in [6.07, 6.45) is 7.66. The number of aromatic amines is 1. The van der Waals surface area contributed by atoms with Crippen LogP contribution in [0.2, 0.25) is 0 Å². The summed E-state index contributed by atoms with van der Waals surface area (Å²) >= 11 is 0. The van der Waals surface area contributed by atoms with E-state index in [4.69, 9.17) is 0 Å². The molecular weight excluding hydrogens is 234 g/mol. The van der Waals surface area contributed by atoms with Crippen LogP contribution >= 0.6 is 0 Å². The minimum atomic E-state index is 0.127. The van der Waals surface area contributed by atoms with Gasteiger partial charge in [-0.1, -0.05) is 18.2 Å². The summed E-state index contributed by atoms with van der Waals surface area (Å²) in [7, 11) is 0. The predicted octanol–water partition coefficient (Wildman–Crippen LogP) is 3.72. The molecule has 0 saturated carbocycles. The molecule has 1 aromatic carbocycles. The van der Waals surface area contributed by atoms with Gasteiger partial charge >= 0.3 is 0 Å². The van der Waals surface area contributed by atoms with E-state index >= 15 is 0 Å². The van der Waals surface area contributed by atoms with Crippen LogP contribution < -0.4 is 0 Å². The van der Waals surface area contributed by atoms with Gasteiger partial charge < -0.3 is 4.98 Å². The van der Waals surface area contributed by atoms with E-state index < -0.39 is 0 Å². The van der Waals surface area contributed by atoms with E-state index in [9.17, 15) is 4.79 Å². The van der Waals surface area contributed by atoms with E-state index in [2.05, 4.69) is 35.5 Å². The molecule has 2 aromatic rings. The van der Waals surface area contributed by atoms with Crippen molar-refractivity contribution in [3.05, 3.63) is 41.6 Å². The van der Waals surface area contributed by atoms with Crippen LogP contribution in [0.5, 0.6) is 0 Å². The van der Waals surface area contributed by atoms with E-state index in [-0.39, 0.29) is 5.92 Å². The molecule has 0 fully saturated rings. The fraction of sp³-hybridized carbons (Fsp3) is 0.353. The fourth-order valence-electron chi connectivity index (χ4n) is 3.74. The van der Waals surface area contributed by atoms with Gasteiger partial charge in [-0.2, -0.15) is 0 Å². The summed E-state index contributed by atoms with van der Waals surface area (Å²) < 4.78 is 0. The Balaban J connectivity index is 1.95. The maximum absolute atomic E-state index is 11.7. The van der Waals surface area contributed by atoms with Crippen LogP contribution in [0, 0.1) is 11.8 Å². The minimum absolute atomic E-state index is 0.127. The molecular formula is C17H17NO. The first-order chi connectivity index (χ1) is 9.24. The third-order valence-electron chi connectivity index (χ3n) is 4.73. The second-order valence-electron chi connectivity index (χ2n) is 5.86. The Labute approximate surface area is 112 Å². The van der Waals surface area contributed by atoms with Crippen LogP contribution in [0.15, 0.2) is 30.5 Å². The van der Waals surface area contributed by atoms with Crippen molar-refractivity contribution in [1.29, 1.82) is 0 Å². The first-order valence-electron chi connectivity index (χ1n) is 7.05. The number of aromatic nitrogens is 1. The molecule has 0 saturated heterocycles. The van der Waals surface area contributed by atoms with Gasteiger partial charge in [-0.05, 0) is 54.9 Å². The van der Waals surface area contributed by atoms with Gasteiger partial charge in [0, 0.05) is 23.0 Å². The van der Waals surface area contributed by atoms with Gasteiger partial charge in [-0.25, -0.2) is 0 Å². The number of Topliss-reactive ketones (excluding diaryl/α,β-unsaturated/α-hetero) is 1. The number of benzene rings is 1. The van der Waals surface area contributed by atoms with Crippen molar-refractivity contribution in [2.75, 3.05) is 0 Å². The van der Waals surface area contributed by atoms with Crippen LogP contribution in [-0.2, 0) is 11.2 Å². The van der Waals surface area contributed by atoms with Crippen LogP contribution in [0.1, 0.15) is 30.9 Å². The van der Waals surface area contributed by atoms with Crippen LogP contribution in [-0.4, -0.2) is 10.8 Å². The van der Waals surface area contributed by atoms with E-state index in [1.807, 2.05) is 0 Å². The Morgan fingerprint density at radius 3 is 3.05 bits per heavy atom. The summed E-state index contributed by atoms with van der Waals surface area (Å²) in [5, 5.41) is 1.37. The normalized spacial score (nSPS) is 25.0. The van der Waals surface area contributed by atoms with Crippen molar-refractivity contribution >= 4 is 22.3 Å². The molecule has 2 nitrogen and oxygen atoms in total. The molecule has 1 N–H and O–H groups in total. The molecule has 0 aliphatic heterocycles. The number of hydrogen-bond donors (Lipinski definition) is 1. The molecule has 1 heterocycles. The summed E-state index contributed by atoms with van der Waals surface area (Å²) in [5.41, 5.74) is 5.41. The largest absolute Gasteiger partial charge is 0.361 e. The van der Waals surface area contributed by atoms with E-state index in [0.717, 1.165) is 19.3 Å². The van der Waals surface area contributed by atoms with Gasteiger partial charge in [0.25, 0.3) is 0 Å². The lowest BCUT2D eigenvalue weighted by molar-refractivity contribution is -0.119. The number of carbonyl (C=O) groups is 1. The highest BCUT2D eigenvalue weighted by Crippen LogP contribution is 2.44. The fourth-order valence-corrected chi connectivity index (χ4v) is 3.74. The van der Waals surface area contributed by atoms with Crippen molar-refractivity contribution in [2.45, 2.75) is 26.2 Å².